The average molecular weight is 990 g/mol. The second-order valence-electron chi connectivity index (χ2n) is 23.0. The highest BCUT2D eigenvalue weighted by molar-refractivity contribution is 5.71. The van der Waals surface area contributed by atoms with Gasteiger partial charge in [-0.3, -0.25) is 14.4 Å². The lowest BCUT2D eigenvalue weighted by Gasteiger charge is -2.18. The summed E-state index contributed by atoms with van der Waals surface area (Å²) in [4.78, 5) is 38.3. The first-order valence-electron chi connectivity index (χ1n) is 31.7. The van der Waals surface area contributed by atoms with Crippen LogP contribution in [0.5, 0.6) is 0 Å². The summed E-state index contributed by atoms with van der Waals surface area (Å²) in [7, 11) is 0. The lowest BCUT2D eigenvalue weighted by molar-refractivity contribution is -0.167. The lowest BCUT2D eigenvalue weighted by atomic mass is 10.0. The first-order valence-corrected chi connectivity index (χ1v) is 31.7. The van der Waals surface area contributed by atoms with Crippen LogP contribution in [0.15, 0.2) is 0 Å². The van der Waals surface area contributed by atoms with E-state index in [0.29, 0.717) is 19.3 Å². The molecule has 0 radical (unpaired) electrons. The Morgan fingerprint density at radius 2 is 0.471 bits per heavy atom. The van der Waals surface area contributed by atoms with Crippen LogP contribution < -0.4 is 0 Å². The SMILES string of the molecule is CCCCCCCCCCCCCCCCCC(=O)OC[C@@H](COC(=O)CCCCCCCCCCCCCCCCCC(C)C)OC(=O)CCCCCCCCCCCCCCCCCCC(C)C. The molecular formula is C64H124O6. The van der Waals surface area contributed by atoms with E-state index < -0.39 is 6.10 Å². The van der Waals surface area contributed by atoms with Gasteiger partial charge in [-0.15, -0.1) is 0 Å². The maximum absolute atomic E-state index is 12.9. The van der Waals surface area contributed by atoms with Crippen molar-refractivity contribution in [2.75, 3.05) is 13.2 Å². The molecule has 0 aromatic heterocycles. The predicted octanol–water partition coefficient (Wildman–Crippen LogP) is 21.2. The minimum absolute atomic E-state index is 0.0618. The van der Waals surface area contributed by atoms with Gasteiger partial charge in [-0.05, 0) is 31.1 Å². The lowest BCUT2D eigenvalue weighted by Crippen LogP contribution is -2.30. The van der Waals surface area contributed by atoms with Crippen molar-refractivity contribution in [2.24, 2.45) is 11.8 Å². The molecule has 0 aliphatic heterocycles. The van der Waals surface area contributed by atoms with Gasteiger partial charge >= 0.3 is 17.9 Å². The molecule has 0 aromatic rings. The third-order valence-corrected chi connectivity index (χ3v) is 14.7. The summed E-state index contributed by atoms with van der Waals surface area (Å²) in [6.07, 6.45) is 62.4. The van der Waals surface area contributed by atoms with Crippen molar-refractivity contribution in [3.05, 3.63) is 0 Å². The average Bonchev–Trinajstić information content (AvgIpc) is 3.33. The zero-order chi connectivity index (χ0) is 51.1. The second-order valence-corrected chi connectivity index (χ2v) is 23.0. The van der Waals surface area contributed by atoms with Crippen molar-refractivity contribution in [1.29, 1.82) is 0 Å². The van der Waals surface area contributed by atoms with Gasteiger partial charge in [0.1, 0.15) is 13.2 Å². The summed E-state index contributed by atoms with van der Waals surface area (Å²) in [5.74, 6) is 0.870. The van der Waals surface area contributed by atoms with Crippen LogP contribution in [-0.4, -0.2) is 37.2 Å². The molecule has 0 aliphatic rings. The summed E-state index contributed by atoms with van der Waals surface area (Å²) >= 11 is 0. The zero-order valence-corrected chi connectivity index (χ0v) is 48.2. The second kappa shape index (κ2) is 56.7. The first-order chi connectivity index (χ1) is 34.2. The molecule has 6 heteroatoms. The molecule has 416 valence electrons. The highest BCUT2D eigenvalue weighted by Crippen LogP contribution is 2.19. The van der Waals surface area contributed by atoms with Crippen LogP contribution >= 0.6 is 0 Å². The summed E-state index contributed by atoms with van der Waals surface area (Å²) in [6, 6.07) is 0. The van der Waals surface area contributed by atoms with Gasteiger partial charge in [-0.25, -0.2) is 0 Å². The van der Waals surface area contributed by atoms with Crippen LogP contribution in [0.4, 0.5) is 0 Å². The molecule has 0 fully saturated rings. The van der Waals surface area contributed by atoms with Crippen molar-refractivity contribution in [1.82, 2.24) is 0 Å². The fraction of sp³-hybridized carbons (Fsp3) is 0.953. The molecule has 0 N–H and O–H groups in total. The fourth-order valence-corrected chi connectivity index (χ4v) is 9.93. The molecule has 6 nitrogen and oxygen atoms in total. The number of carbonyl (C=O) groups excluding carboxylic acids is 3. The predicted molar refractivity (Wildman–Crippen MR) is 303 cm³/mol. The Morgan fingerprint density at radius 1 is 0.271 bits per heavy atom. The Balaban J connectivity index is 4.28. The fourth-order valence-electron chi connectivity index (χ4n) is 9.93. The molecule has 0 heterocycles. The van der Waals surface area contributed by atoms with Crippen molar-refractivity contribution in [3.8, 4) is 0 Å². The quantitative estimate of drug-likeness (QED) is 0.0343. The number of carbonyl (C=O) groups is 3. The van der Waals surface area contributed by atoms with Gasteiger partial charge < -0.3 is 14.2 Å². The topological polar surface area (TPSA) is 78.9 Å². The first kappa shape index (κ1) is 68.4. The van der Waals surface area contributed by atoms with Gasteiger partial charge in [0, 0.05) is 19.3 Å². The van der Waals surface area contributed by atoms with E-state index in [4.69, 9.17) is 14.2 Å². The van der Waals surface area contributed by atoms with E-state index in [1.807, 2.05) is 0 Å². The number of rotatable bonds is 58. The van der Waals surface area contributed by atoms with Crippen LogP contribution in [0.25, 0.3) is 0 Å². The highest BCUT2D eigenvalue weighted by atomic mass is 16.6. The maximum Gasteiger partial charge on any atom is 0.306 e. The van der Waals surface area contributed by atoms with E-state index in [2.05, 4.69) is 34.6 Å². The zero-order valence-electron chi connectivity index (χ0n) is 48.2. The molecule has 0 spiro atoms. The summed E-state index contributed by atoms with van der Waals surface area (Å²) < 4.78 is 17.0. The number of hydrogen-bond acceptors (Lipinski definition) is 6. The van der Waals surface area contributed by atoms with E-state index in [1.54, 1.807) is 0 Å². The molecule has 0 amide bonds. The summed E-state index contributed by atoms with van der Waals surface area (Å²) in [6.45, 7) is 11.5. The summed E-state index contributed by atoms with van der Waals surface area (Å²) in [5.41, 5.74) is 0. The maximum atomic E-state index is 12.9. The number of ether oxygens (including phenoxy) is 3. The molecule has 1 atom stereocenters. The molecule has 0 aliphatic carbocycles. The van der Waals surface area contributed by atoms with Crippen LogP contribution in [-0.2, 0) is 28.6 Å². The Kier molecular flexibility index (Phi) is 55.4. The van der Waals surface area contributed by atoms with E-state index in [9.17, 15) is 14.4 Å². The van der Waals surface area contributed by atoms with E-state index in [-0.39, 0.29) is 31.1 Å². The van der Waals surface area contributed by atoms with Crippen LogP contribution in [0.1, 0.15) is 362 Å². The van der Waals surface area contributed by atoms with Crippen LogP contribution in [0.3, 0.4) is 0 Å². The third kappa shape index (κ3) is 57.3. The molecule has 0 aromatic carbocycles. The summed E-state index contributed by atoms with van der Waals surface area (Å²) in [5, 5.41) is 0. The highest BCUT2D eigenvalue weighted by Gasteiger charge is 2.19. The molecular weight excluding hydrogens is 865 g/mol. The molecule has 0 saturated heterocycles. The molecule has 0 saturated carbocycles. The molecule has 0 rings (SSSR count). The van der Waals surface area contributed by atoms with Crippen molar-refractivity contribution in [3.63, 3.8) is 0 Å². The van der Waals surface area contributed by atoms with E-state index in [1.165, 1.54) is 250 Å². The van der Waals surface area contributed by atoms with Gasteiger partial charge in [-0.2, -0.15) is 0 Å². The third-order valence-electron chi connectivity index (χ3n) is 14.7. The van der Waals surface area contributed by atoms with Crippen molar-refractivity contribution >= 4 is 17.9 Å². The normalized spacial score (nSPS) is 12.0. The monoisotopic (exact) mass is 989 g/mol. The molecule has 70 heavy (non-hydrogen) atoms. The van der Waals surface area contributed by atoms with Gasteiger partial charge in [0.05, 0.1) is 0 Å². The Morgan fingerprint density at radius 3 is 0.700 bits per heavy atom. The number of esters is 3. The molecule has 0 unspecified atom stereocenters. The van der Waals surface area contributed by atoms with Crippen molar-refractivity contribution in [2.45, 2.75) is 368 Å². The minimum atomic E-state index is -0.763. The largest absolute Gasteiger partial charge is 0.462 e. The number of hydrogen-bond donors (Lipinski definition) is 0. The standard InChI is InChI=1S/C64H124O6/c1-6-7-8-9-10-11-12-13-17-24-29-34-39-44-49-54-62(65)68-57-61(58-69-63(66)55-50-45-40-35-30-25-21-16-19-23-28-33-38-43-48-53-60(4)5)70-64(67)56-51-46-41-36-31-26-20-15-14-18-22-27-32-37-42-47-52-59(2)3/h59-61H,6-58H2,1-5H3/t61-/m0/s1. The number of unbranched alkanes of at least 4 members (excludes halogenated alkanes) is 43. The van der Waals surface area contributed by atoms with Gasteiger partial charge in [-0.1, -0.05) is 324 Å². The van der Waals surface area contributed by atoms with Crippen LogP contribution in [0, 0.1) is 11.8 Å². The smallest absolute Gasteiger partial charge is 0.306 e. The van der Waals surface area contributed by atoms with Gasteiger partial charge in [0.15, 0.2) is 6.10 Å². The Bertz CT molecular complexity index is 1070. The van der Waals surface area contributed by atoms with Crippen molar-refractivity contribution < 1.29 is 28.6 Å². The van der Waals surface area contributed by atoms with Gasteiger partial charge in [0.25, 0.3) is 0 Å². The van der Waals surface area contributed by atoms with Gasteiger partial charge in [0.2, 0.25) is 0 Å². The Labute approximate surface area is 438 Å². The minimum Gasteiger partial charge on any atom is -0.462 e. The molecule has 0 bridgehead atoms. The van der Waals surface area contributed by atoms with E-state index in [0.717, 1.165) is 69.6 Å². The van der Waals surface area contributed by atoms with Crippen LogP contribution in [0.2, 0.25) is 0 Å². The van der Waals surface area contributed by atoms with E-state index >= 15 is 0 Å². The Hall–Kier alpha value is -1.59.